The monoisotopic (exact) mass is 270 g/mol. The van der Waals surface area contributed by atoms with Gasteiger partial charge in [-0.25, -0.2) is 0 Å². The fourth-order valence-electron chi connectivity index (χ4n) is 2.50. The molecule has 3 heteroatoms. The van der Waals surface area contributed by atoms with Crippen LogP contribution in [0, 0.1) is 0 Å². The minimum absolute atomic E-state index is 0.162. The number of rotatable bonds is 2. The number of aryl methyl sites for hydroxylation is 1. The Morgan fingerprint density at radius 2 is 1.89 bits per heavy atom. The van der Waals surface area contributed by atoms with Gasteiger partial charge in [0.05, 0.1) is 6.04 Å². The maximum atomic E-state index is 6.39. The molecule has 0 bridgehead atoms. The quantitative estimate of drug-likeness (QED) is 0.753. The molecule has 0 fully saturated rings. The second-order valence-electron chi connectivity index (χ2n) is 4.75. The molecule has 0 aliphatic heterocycles. The Bertz CT molecular complexity index is 730. The maximum Gasteiger partial charge on any atom is 0.0573 e. The van der Waals surface area contributed by atoms with Gasteiger partial charge in [-0.05, 0) is 29.3 Å². The normalized spacial score (nSPS) is 12.8. The zero-order valence-corrected chi connectivity index (χ0v) is 11.4. The predicted molar refractivity (Wildman–Crippen MR) is 80.4 cm³/mol. The van der Waals surface area contributed by atoms with E-state index >= 15 is 0 Å². The van der Waals surface area contributed by atoms with Crippen molar-refractivity contribution in [3.63, 3.8) is 0 Å². The van der Waals surface area contributed by atoms with Gasteiger partial charge >= 0.3 is 0 Å². The number of halogens is 1. The molecule has 0 aliphatic carbocycles. The molecule has 1 heterocycles. The second-order valence-corrected chi connectivity index (χ2v) is 5.18. The number of para-hydroxylation sites is 1. The Labute approximate surface area is 117 Å². The van der Waals surface area contributed by atoms with Gasteiger partial charge in [-0.3, -0.25) is 0 Å². The predicted octanol–water partition coefficient (Wildman–Crippen LogP) is 3.88. The Morgan fingerprint density at radius 1 is 1.11 bits per heavy atom. The standard InChI is InChI=1S/C16H15ClN2/c1-19-10-14(13-7-2-3-8-15(13)19)16(18)11-5-4-6-12(17)9-11/h2-10,16H,18H2,1H3. The molecule has 2 aromatic carbocycles. The number of hydrogen-bond acceptors (Lipinski definition) is 1. The van der Waals surface area contributed by atoms with Crippen LogP contribution < -0.4 is 5.73 Å². The van der Waals surface area contributed by atoms with Gasteiger partial charge in [0.15, 0.2) is 0 Å². The fourth-order valence-corrected chi connectivity index (χ4v) is 2.70. The van der Waals surface area contributed by atoms with Crippen molar-refractivity contribution in [3.05, 3.63) is 70.9 Å². The van der Waals surface area contributed by atoms with Gasteiger partial charge in [-0.1, -0.05) is 41.9 Å². The average Bonchev–Trinajstić information content (AvgIpc) is 2.76. The van der Waals surface area contributed by atoms with Crippen LogP contribution in [0.25, 0.3) is 10.9 Å². The molecular weight excluding hydrogens is 256 g/mol. The Morgan fingerprint density at radius 3 is 2.68 bits per heavy atom. The van der Waals surface area contributed by atoms with Crippen LogP contribution in [0.1, 0.15) is 17.2 Å². The van der Waals surface area contributed by atoms with Gasteiger partial charge in [0, 0.05) is 29.2 Å². The van der Waals surface area contributed by atoms with Crippen molar-refractivity contribution in [2.75, 3.05) is 0 Å². The van der Waals surface area contributed by atoms with Crippen LogP contribution >= 0.6 is 11.6 Å². The van der Waals surface area contributed by atoms with Crippen molar-refractivity contribution in [2.24, 2.45) is 12.8 Å². The van der Waals surface area contributed by atoms with E-state index in [1.54, 1.807) is 0 Å². The van der Waals surface area contributed by atoms with Crippen molar-refractivity contribution in [3.8, 4) is 0 Å². The first kappa shape index (κ1) is 12.3. The topological polar surface area (TPSA) is 30.9 Å². The van der Waals surface area contributed by atoms with E-state index in [0.717, 1.165) is 11.1 Å². The summed E-state index contributed by atoms with van der Waals surface area (Å²) < 4.78 is 2.11. The molecule has 1 unspecified atom stereocenters. The van der Waals surface area contributed by atoms with Crippen LogP contribution in [0.2, 0.25) is 5.02 Å². The van der Waals surface area contributed by atoms with Crippen LogP contribution in [0.5, 0.6) is 0 Å². The van der Waals surface area contributed by atoms with E-state index in [1.807, 2.05) is 43.4 Å². The summed E-state index contributed by atoms with van der Waals surface area (Å²) in [6.07, 6.45) is 2.09. The molecule has 0 spiro atoms. The molecule has 2 nitrogen and oxygen atoms in total. The van der Waals surface area contributed by atoms with Crippen LogP contribution in [-0.4, -0.2) is 4.57 Å². The maximum absolute atomic E-state index is 6.39. The summed E-state index contributed by atoms with van der Waals surface area (Å²) in [4.78, 5) is 0. The van der Waals surface area contributed by atoms with Gasteiger partial charge in [-0.2, -0.15) is 0 Å². The summed E-state index contributed by atoms with van der Waals surface area (Å²) in [6.45, 7) is 0. The van der Waals surface area contributed by atoms with E-state index in [1.165, 1.54) is 10.9 Å². The summed E-state index contributed by atoms with van der Waals surface area (Å²) in [5.41, 5.74) is 9.74. The molecule has 0 radical (unpaired) electrons. The van der Waals surface area contributed by atoms with Gasteiger partial charge < -0.3 is 10.3 Å². The highest BCUT2D eigenvalue weighted by atomic mass is 35.5. The molecule has 19 heavy (non-hydrogen) atoms. The smallest absolute Gasteiger partial charge is 0.0573 e. The van der Waals surface area contributed by atoms with Crippen molar-refractivity contribution < 1.29 is 0 Å². The van der Waals surface area contributed by atoms with Crippen molar-refractivity contribution in [2.45, 2.75) is 6.04 Å². The van der Waals surface area contributed by atoms with E-state index < -0.39 is 0 Å². The SMILES string of the molecule is Cn1cc(C(N)c2cccc(Cl)c2)c2ccccc21. The lowest BCUT2D eigenvalue weighted by atomic mass is 9.99. The average molecular weight is 271 g/mol. The minimum atomic E-state index is -0.162. The third-order valence-corrected chi connectivity index (χ3v) is 3.71. The fraction of sp³-hybridized carbons (Fsp3) is 0.125. The van der Waals surface area contributed by atoms with E-state index in [0.29, 0.717) is 5.02 Å². The van der Waals surface area contributed by atoms with Gasteiger partial charge in [0.1, 0.15) is 0 Å². The number of aromatic nitrogens is 1. The molecule has 0 amide bonds. The Kier molecular flexibility index (Phi) is 3.05. The molecule has 0 saturated carbocycles. The van der Waals surface area contributed by atoms with E-state index in [-0.39, 0.29) is 6.04 Å². The van der Waals surface area contributed by atoms with Crippen LogP contribution in [0.15, 0.2) is 54.7 Å². The highest BCUT2D eigenvalue weighted by Crippen LogP contribution is 2.29. The molecule has 1 aromatic heterocycles. The second kappa shape index (κ2) is 4.72. The van der Waals surface area contributed by atoms with Crippen molar-refractivity contribution in [1.82, 2.24) is 4.57 Å². The molecule has 3 rings (SSSR count). The van der Waals surface area contributed by atoms with Crippen molar-refractivity contribution in [1.29, 1.82) is 0 Å². The van der Waals surface area contributed by atoms with E-state index in [4.69, 9.17) is 17.3 Å². The van der Waals surface area contributed by atoms with Crippen LogP contribution in [0.3, 0.4) is 0 Å². The third-order valence-electron chi connectivity index (χ3n) is 3.47. The van der Waals surface area contributed by atoms with Gasteiger partial charge in [0.2, 0.25) is 0 Å². The summed E-state index contributed by atoms with van der Waals surface area (Å²) in [5, 5.41) is 1.91. The Hall–Kier alpha value is -1.77. The molecule has 0 aliphatic rings. The summed E-state index contributed by atoms with van der Waals surface area (Å²) >= 11 is 6.04. The zero-order chi connectivity index (χ0) is 13.4. The number of hydrogen-bond donors (Lipinski definition) is 1. The minimum Gasteiger partial charge on any atom is -0.350 e. The Balaban J connectivity index is 2.14. The van der Waals surface area contributed by atoms with Crippen LogP contribution in [0.4, 0.5) is 0 Å². The highest BCUT2D eigenvalue weighted by Gasteiger charge is 2.15. The molecule has 96 valence electrons. The summed E-state index contributed by atoms with van der Waals surface area (Å²) in [6, 6.07) is 15.9. The number of fused-ring (bicyclic) bond motifs is 1. The molecule has 2 N–H and O–H groups in total. The first-order chi connectivity index (χ1) is 9.16. The number of nitrogens with zero attached hydrogens (tertiary/aromatic N) is 1. The molecule has 1 atom stereocenters. The molecule has 3 aromatic rings. The van der Waals surface area contributed by atoms with Gasteiger partial charge in [-0.15, -0.1) is 0 Å². The first-order valence-electron chi connectivity index (χ1n) is 6.22. The highest BCUT2D eigenvalue weighted by molar-refractivity contribution is 6.30. The number of nitrogens with two attached hydrogens (primary N) is 1. The number of benzene rings is 2. The van der Waals surface area contributed by atoms with Gasteiger partial charge in [0.25, 0.3) is 0 Å². The first-order valence-corrected chi connectivity index (χ1v) is 6.59. The lowest BCUT2D eigenvalue weighted by molar-refractivity contribution is 0.861. The molecule has 0 saturated heterocycles. The van der Waals surface area contributed by atoms with E-state index in [9.17, 15) is 0 Å². The lowest BCUT2D eigenvalue weighted by Crippen LogP contribution is -2.11. The molecular formula is C16H15ClN2. The van der Waals surface area contributed by atoms with E-state index in [2.05, 4.69) is 22.9 Å². The lowest BCUT2D eigenvalue weighted by Gasteiger charge is -2.11. The largest absolute Gasteiger partial charge is 0.350 e. The van der Waals surface area contributed by atoms with Crippen LogP contribution in [-0.2, 0) is 7.05 Å². The third kappa shape index (κ3) is 2.14. The summed E-state index contributed by atoms with van der Waals surface area (Å²) in [7, 11) is 2.04. The summed E-state index contributed by atoms with van der Waals surface area (Å²) in [5.74, 6) is 0. The van der Waals surface area contributed by atoms with Crippen molar-refractivity contribution >= 4 is 22.5 Å². The zero-order valence-electron chi connectivity index (χ0n) is 10.7.